The van der Waals surface area contributed by atoms with E-state index in [0.29, 0.717) is 18.7 Å². The number of hydrogen-bond acceptors (Lipinski definition) is 5. The molecule has 3 rings (SSSR count). The van der Waals surface area contributed by atoms with Crippen LogP contribution in [0.1, 0.15) is 11.3 Å². The highest BCUT2D eigenvalue weighted by molar-refractivity contribution is 7.13. The monoisotopic (exact) mass is 389 g/mol. The van der Waals surface area contributed by atoms with E-state index in [2.05, 4.69) is 10.3 Å². The molecule has 140 valence electrons. The largest absolute Gasteiger partial charge is 0.497 e. The second-order valence-electron chi connectivity index (χ2n) is 5.97. The van der Waals surface area contributed by atoms with Gasteiger partial charge in [0, 0.05) is 17.5 Å². The zero-order valence-corrected chi connectivity index (χ0v) is 16.2. The fourth-order valence-electron chi connectivity index (χ4n) is 2.60. The Hall–Kier alpha value is -3.43. The lowest BCUT2D eigenvalue weighted by Crippen LogP contribution is -2.26. The number of carbonyl (C=O) groups excluding carboxylic acids is 1. The van der Waals surface area contributed by atoms with Gasteiger partial charge in [-0.1, -0.05) is 42.5 Å². The molecular weight excluding hydrogens is 370 g/mol. The molecule has 0 fully saturated rings. The lowest BCUT2D eigenvalue weighted by Gasteiger charge is -2.04. The number of thiazole rings is 1. The number of nitrogens with one attached hydrogen (secondary N) is 1. The van der Waals surface area contributed by atoms with Crippen LogP contribution in [0.25, 0.3) is 16.6 Å². The Morgan fingerprint density at radius 3 is 2.82 bits per heavy atom. The molecule has 0 spiro atoms. The summed E-state index contributed by atoms with van der Waals surface area (Å²) in [5, 5.41) is 14.8. The van der Waals surface area contributed by atoms with Gasteiger partial charge in [-0.3, -0.25) is 4.79 Å². The van der Waals surface area contributed by atoms with E-state index >= 15 is 0 Å². The fourth-order valence-corrected chi connectivity index (χ4v) is 3.37. The molecule has 1 heterocycles. The number of hydrogen-bond donors (Lipinski definition) is 1. The van der Waals surface area contributed by atoms with Gasteiger partial charge >= 0.3 is 0 Å². The van der Waals surface area contributed by atoms with Crippen molar-refractivity contribution in [1.82, 2.24) is 10.3 Å². The number of aromatic nitrogens is 1. The molecule has 0 saturated carbocycles. The number of amides is 1. The maximum Gasteiger partial charge on any atom is 0.262 e. The van der Waals surface area contributed by atoms with Crippen LogP contribution < -0.4 is 10.1 Å². The first-order chi connectivity index (χ1) is 13.7. The maximum absolute atomic E-state index is 12.3. The summed E-state index contributed by atoms with van der Waals surface area (Å²) >= 11 is 1.45. The number of nitriles is 1. The summed E-state index contributed by atoms with van der Waals surface area (Å²) in [6, 6.07) is 19.4. The van der Waals surface area contributed by atoms with Crippen molar-refractivity contribution < 1.29 is 9.53 Å². The number of methoxy groups -OCH3 is 1. The molecule has 0 aliphatic carbocycles. The first-order valence-electron chi connectivity index (χ1n) is 8.73. The van der Waals surface area contributed by atoms with Gasteiger partial charge in [0.25, 0.3) is 5.91 Å². The standard InChI is InChI=1S/C22H19N3O2S/c1-27-20-9-5-8-17(13-20)22-25-19(15-28-22)12-18(14-23)21(26)24-11-10-16-6-3-2-4-7-16/h2-9,12-13,15H,10-11H2,1H3,(H,24,26)/b18-12+. The van der Waals surface area contributed by atoms with Gasteiger partial charge in [-0.15, -0.1) is 11.3 Å². The molecule has 0 unspecified atom stereocenters. The first kappa shape index (κ1) is 19.3. The van der Waals surface area contributed by atoms with Crippen molar-refractivity contribution in [2.24, 2.45) is 0 Å². The normalized spacial score (nSPS) is 10.9. The van der Waals surface area contributed by atoms with E-state index in [4.69, 9.17) is 4.74 Å². The van der Waals surface area contributed by atoms with Crippen LogP contribution in [0, 0.1) is 11.3 Å². The highest BCUT2D eigenvalue weighted by Gasteiger charge is 2.11. The van der Waals surface area contributed by atoms with Crippen molar-refractivity contribution in [2.75, 3.05) is 13.7 Å². The zero-order chi connectivity index (χ0) is 19.8. The fraction of sp³-hybridized carbons (Fsp3) is 0.136. The molecule has 2 aromatic carbocycles. The van der Waals surface area contributed by atoms with Crippen molar-refractivity contribution in [3.63, 3.8) is 0 Å². The van der Waals surface area contributed by atoms with Gasteiger partial charge in [0.05, 0.1) is 12.8 Å². The molecule has 3 aromatic rings. The van der Waals surface area contributed by atoms with Gasteiger partial charge in [0.1, 0.15) is 22.4 Å². The molecule has 28 heavy (non-hydrogen) atoms. The van der Waals surface area contributed by atoms with Gasteiger partial charge < -0.3 is 10.1 Å². The van der Waals surface area contributed by atoms with Crippen LogP contribution in [0.4, 0.5) is 0 Å². The van der Waals surface area contributed by atoms with E-state index in [9.17, 15) is 10.1 Å². The molecule has 0 aliphatic heterocycles. The molecule has 0 radical (unpaired) electrons. The lowest BCUT2D eigenvalue weighted by molar-refractivity contribution is -0.117. The SMILES string of the molecule is COc1cccc(-c2nc(/C=C(\C#N)C(=O)NCCc3ccccc3)cs2)c1. The van der Waals surface area contributed by atoms with Crippen molar-refractivity contribution >= 4 is 23.3 Å². The Balaban J connectivity index is 1.66. The topological polar surface area (TPSA) is 75.0 Å². The van der Waals surface area contributed by atoms with Gasteiger partial charge in [0.2, 0.25) is 0 Å². The predicted molar refractivity (Wildman–Crippen MR) is 111 cm³/mol. The molecule has 0 saturated heterocycles. The average molecular weight is 389 g/mol. The first-order valence-corrected chi connectivity index (χ1v) is 9.61. The number of carbonyl (C=O) groups is 1. The minimum atomic E-state index is -0.394. The molecular formula is C22H19N3O2S. The average Bonchev–Trinajstić information content (AvgIpc) is 3.21. The lowest BCUT2D eigenvalue weighted by atomic mass is 10.1. The third-order valence-corrected chi connectivity index (χ3v) is 4.95. The Morgan fingerprint density at radius 1 is 1.25 bits per heavy atom. The molecule has 6 heteroatoms. The van der Waals surface area contributed by atoms with Gasteiger partial charge in [-0.05, 0) is 30.2 Å². The van der Waals surface area contributed by atoms with E-state index in [1.807, 2.05) is 66.0 Å². The quantitative estimate of drug-likeness (QED) is 0.488. The molecule has 0 aliphatic rings. The van der Waals surface area contributed by atoms with E-state index < -0.39 is 5.91 Å². The molecule has 5 nitrogen and oxygen atoms in total. The van der Waals surface area contributed by atoms with E-state index in [1.165, 1.54) is 17.4 Å². The number of rotatable bonds is 7. The highest BCUT2D eigenvalue weighted by atomic mass is 32.1. The predicted octanol–water partition coefficient (Wildman–Crippen LogP) is 4.08. The van der Waals surface area contributed by atoms with Gasteiger partial charge in [-0.25, -0.2) is 4.98 Å². The molecule has 1 N–H and O–H groups in total. The van der Waals surface area contributed by atoms with Crippen LogP contribution in [-0.2, 0) is 11.2 Å². The second-order valence-corrected chi connectivity index (χ2v) is 6.83. The molecule has 1 amide bonds. The van der Waals surface area contributed by atoms with Crippen molar-refractivity contribution in [1.29, 1.82) is 5.26 Å². The van der Waals surface area contributed by atoms with Crippen LogP contribution in [0.3, 0.4) is 0 Å². The third kappa shape index (κ3) is 5.06. The minimum Gasteiger partial charge on any atom is -0.497 e. The smallest absolute Gasteiger partial charge is 0.262 e. The van der Waals surface area contributed by atoms with E-state index in [0.717, 1.165) is 21.9 Å². The maximum atomic E-state index is 12.3. The van der Waals surface area contributed by atoms with Crippen molar-refractivity contribution in [3.8, 4) is 22.4 Å². The summed E-state index contributed by atoms with van der Waals surface area (Å²) in [4.78, 5) is 16.8. The summed E-state index contributed by atoms with van der Waals surface area (Å²) < 4.78 is 5.23. The van der Waals surface area contributed by atoms with Crippen LogP contribution in [0.2, 0.25) is 0 Å². The Morgan fingerprint density at radius 2 is 2.07 bits per heavy atom. The Labute approximate surface area is 167 Å². The van der Waals surface area contributed by atoms with E-state index in [-0.39, 0.29) is 5.57 Å². The summed E-state index contributed by atoms with van der Waals surface area (Å²) in [6.07, 6.45) is 2.22. The number of nitrogens with zero attached hydrogens (tertiary/aromatic N) is 2. The summed E-state index contributed by atoms with van der Waals surface area (Å²) in [7, 11) is 1.62. The van der Waals surface area contributed by atoms with Crippen molar-refractivity contribution in [3.05, 3.63) is 76.8 Å². The minimum absolute atomic E-state index is 0.0375. The molecule has 0 atom stereocenters. The number of benzene rings is 2. The Bertz CT molecular complexity index is 1020. The summed E-state index contributed by atoms with van der Waals surface area (Å²) in [5.41, 5.74) is 2.68. The Kier molecular flexibility index (Phi) is 6.55. The van der Waals surface area contributed by atoms with Crippen molar-refractivity contribution in [2.45, 2.75) is 6.42 Å². The molecule has 1 aromatic heterocycles. The zero-order valence-electron chi connectivity index (χ0n) is 15.4. The summed E-state index contributed by atoms with van der Waals surface area (Å²) in [6.45, 7) is 0.466. The number of ether oxygens (including phenoxy) is 1. The van der Waals surface area contributed by atoms with Crippen LogP contribution in [-0.4, -0.2) is 24.5 Å². The third-order valence-electron chi connectivity index (χ3n) is 4.04. The second kappa shape index (κ2) is 9.49. The van der Waals surface area contributed by atoms with E-state index in [1.54, 1.807) is 7.11 Å². The summed E-state index contributed by atoms with van der Waals surface area (Å²) in [5.74, 6) is 0.356. The van der Waals surface area contributed by atoms with Gasteiger partial charge in [-0.2, -0.15) is 5.26 Å². The van der Waals surface area contributed by atoms with Crippen LogP contribution in [0.15, 0.2) is 65.6 Å². The van der Waals surface area contributed by atoms with Gasteiger partial charge in [0.15, 0.2) is 0 Å². The van der Waals surface area contributed by atoms with Crippen LogP contribution in [0.5, 0.6) is 5.75 Å². The molecule has 0 bridgehead atoms. The van der Waals surface area contributed by atoms with Crippen LogP contribution >= 0.6 is 11.3 Å². The highest BCUT2D eigenvalue weighted by Crippen LogP contribution is 2.27.